The van der Waals surface area contributed by atoms with Crippen molar-refractivity contribution in [2.24, 2.45) is 0 Å². The molecule has 0 radical (unpaired) electrons. The van der Waals surface area contributed by atoms with E-state index in [1.165, 1.54) is 22.7 Å². The molecule has 4 N–H and O–H groups in total. The van der Waals surface area contributed by atoms with Crippen LogP contribution in [0.2, 0.25) is 0 Å². The number of anilines is 2. The number of hydrogen-bond acceptors (Lipinski definition) is 11. The lowest BCUT2D eigenvalue weighted by Crippen LogP contribution is -2.23. The van der Waals surface area contributed by atoms with Crippen molar-refractivity contribution in [2.75, 3.05) is 43.5 Å². The minimum atomic E-state index is -2.30. The molecule has 0 aliphatic rings. The zero-order valence-corrected chi connectivity index (χ0v) is 33.5. The van der Waals surface area contributed by atoms with Gasteiger partial charge in [0.2, 0.25) is 0 Å². The summed E-state index contributed by atoms with van der Waals surface area (Å²) >= 11 is 2.59. The van der Waals surface area contributed by atoms with Crippen molar-refractivity contribution in [3.8, 4) is 0 Å². The topological polar surface area (TPSA) is 181 Å². The smallest absolute Gasteiger partial charge is 0.345 e. The lowest BCUT2D eigenvalue weighted by molar-refractivity contribution is 0.0701. The molecule has 13 nitrogen and oxygen atoms in total. The van der Waals surface area contributed by atoms with Crippen LogP contribution in [0.3, 0.4) is 0 Å². The quantitative estimate of drug-likeness (QED) is 0.107. The van der Waals surface area contributed by atoms with Crippen molar-refractivity contribution < 1.29 is 19.3 Å². The summed E-state index contributed by atoms with van der Waals surface area (Å²) in [5.74, 6) is 0.0435. The molecule has 0 unspecified atom stereocenters. The van der Waals surface area contributed by atoms with Gasteiger partial charge in [-0.2, -0.15) is 0 Å². The molecule has 0 spiro atoms. The second kappa shape index (κ2) is 17.6. The summed E-state index contributed by atoms with van der Waals surface area (Å²) in [6, 6.07) is 18.3. The second-order valence-corrected chi connectivity index (χ2v) is 18.1. The first-order chi connectivity index (χ1) is 25.1. The van der Waals surface area contributed by atoms with Crippen molar-refractivity contribution in [1.29, 1.82) is 0 Å². The van der Waals surface area contributed by atoms with Crippen molar-refractivity contribution in [3.05, 3.63) is 114 Å². The number of aryl methyl sites for hydroxylation is 2. The van der Waals surface area contributed by atoms with E-state index >= 15 is 0 Å². The predicted molar refractivity (Wildman–Crippen MR) is 217 cm³/mol. The molecule has 0 aliphatic carbocycles. The number of fused-ring (bicyclic) bond motifs is 2. The summed E-state index contributed by atoms with van der Waals surface area (Å²) in [6.07, 6.45) is 0.189. The largest absolute Gasteiger partial charge is 0.477 e. The minimum absolute atomic E-state index is 0.147. The van der Waals surface area contributed by atoms with Gasteiger partial charge in [-0.3, -0.25) is 14.4 Å². The number of thiophene rings is 2. The number of rotatable bonds is 10. The average molecular weight is 778 g/mol. The number of aromatic nitrogens is 4. The van der Waals surface area contributed by atoms with Gasteiger partial charge in [0.25, 0.3) is 17.0 Å². The normalized spacial score (nSPS) is 10.9. The Bertz CT molecular complexity index is 2410. The molecule has 0 saturated carbocycles. The number of carboxylic acid groups (broad SMARTS) is 1. The third-order valence-electron chi connectivity index (χ3n) is 7.61. The van der Waals surface area contributed by atoms with Gasteiger partial charge in [0.05, 0.1) is 43.0 Å². The van der Waals surface area contributed by atoms with Gasteiger partial charge in [-0.15, -0.1) is 22.7 Å². The molecule has 1 amide bonds. The highest BCUT2D eigenvalue weighted by molar-refractivity contribution is 7.62. The fraction of sp³-hybridized carbons (Fsp3) is 0.297. The van der Waals surface area contributed by atoms with E-state index in [1.807, 2.05) is 80.2 Å². The molecular formula is C37H44N7O6PS2. The van der Waals surface area contributed by atoms with E-state index in [0.717, 1.165) is 21.1 Å². The number of carbonyl (C=O) groups excluding carboxylic acids is 1. The Morgan fingerprint density at radius 2 is 1.19 bits per heavy atom. The molecular weight excluding hydrogens is 734 g/mol. The summed E-state index contributed by atoms with van der Waals surface area (Å²) < 4.78 is 11.8. The lowest BCUT2D eigenvalue weighted by atomic mass is 10.1. The van der Waals surface area contributed by atoms with Crippen LogP contribution in [0.25, 0.3) is 21.8 Å². The molecule has 280 valence electrons. The summed E-state index contributed by atoms with van der Waals surface area (Å²) in [6.45, 7) is 12.0. The molecule has 6 rings (SSSR count). The Labute approximate surface area is 315 Å². The van der Waals surface area contributed by atoms with E-state index in [0.29, 0.717) is 56.3 Å². The summed E-state index contributed by atoms with van der Waals surface area (Å²) in [5, 5.41) is 14.6. The van der Waals surface area contributed by atoms with Crippen LogP contribution in [-0.2, 0) is 17.7 Å². The lowest BCUT2D eigenvalue weighted by Gasteiger charge is -2.17. The van der Waals surface area contributed by atoms with Gasteiger partial charge in [-0.05, 0) is 86.8 Å². The van der Waals surface area contributed by atoms with Gasteiger partial charge in [-0.1, -0.05) is 26.0 Å². The number of carbonyl (C=O) groups is 2. The zero-order chi connectivity index (χ0) is 39.0. The summed E-state index contributed by atoms with van der Waals surface area (Å²) in [4.78, 5) is 66.2. The Balaban J connectivity index is 0.000000230. The number of aromatic carboxylic acids is 1. The molecule has 0 saturated heterocycles. The first kappa shape index (κ1) is 40.7. The van der Waals surface area contributed by atoms with Gasteiger partial charge in [0, 0.05) is 27.2 Å². The van der Waals surface area contributed by atoms with Crippen molar-refractivity contribution in [1.82, 2.24) is 25.3 Å². The molecule has 0 bridgehead atoms. The van der Waals surface area contributed by atoms with E-state index < -0.39 is 13.1 Å². The molecule has 0 fully saturated rings. The second-order valence-electron chi connectivity index (χ2n) is 12.5. The monoisotopic (exact) mass is 777 g/mol. The fourth-order valence-electron chi connectivity index (χ4n) is 5.16. The molecule has 6 aromatic rings. The van der Waals surface area contributed by atoms with E-state index in [1.54, 1.807) is 45.4 Å². The summed E-state index contributed by atoms with van der Waals surface area (Å²) in [5.41, 5.74) is 2.98. The van der Waals surface area contributed by atoms with Crippen molar-refractivity contribution >= 4 is 73.5 Å². The van der Waals surface area contributed by atoms with Gasteiger partial charge in [-0.25, -0.2) is 14.8 Å². The van der Waals surface area contributed by atoms with Gasteiger partial charge < -0.3 is 34.8 Å². The van der Waals surface area contributed by atoms with Crippen LogP contribution in [0.15, 0.2) is 70.3 Å². The number of H-pyrrole nitrogens is 2. The first-order valence-corrected chi connectivity index (χ1v) is 21.1. The highest BCUT2D eigenvalue weighted by atomic mass is 32.1. The number of hydrogen-bond donors (Lipinski definition) is 4. The zero-order valence-electron chi connectivity index (χ0n) is 30.9. The number of carboxylic acids is 1. The van der Waals surface area contributed by atoms with Crippen LogP contribution in [0.5, 0.6) is 0 Å². The SMILES string of the molecule is CC.Cc1nc2ccc(CN(C)c3ccc(C(=O)NCP(C)(C)=O)s3)cc2c(=O)[nH]1.Cc1nc2ccc(CN(C)c3ccc(C(=O)O)s3)cc2c(=O)[nH]1. The Hall–Kier alpha value is -5.11. The third-order valence-corrected chi connectivity index (χ3v) is 10.9. The van der Waals surface area contributed by atoms with Gasteiger partial charge >= 0.3 is 5.97 Å². The third kappa shape index (κ3) is 11.0. The van der Waals surface area contributed by atoms with Crippen LogP contribution >= 0.6 is 29.8 Å². The average Bonchev–Trinajstić information content (AvgIpc) is 3.80. The molecule has 4 heterocycles. The maximum atomic E-state index is 12.2. The molecule has 0 atom stereocenters. The van der Waals surface area contributed by atoms with Gasteiger partial charge in [0.15, 0.2) is 0 Å². The first-order valence-electron chi connectivity index (χ1n) is 16.7. The fourth-order valence-corrected chi connectivity index (χ4v) is 7.37. The number of aromatic amines is 2. The number of nitrogens with one attached hydrogen (secondary N) is 3. The van der Waals surface area contributed by atoms with Crippen LogP contribution in [-0.4, -0.2) is 70.6 Å². The molecule has 16 heteroatoms. The van der Waals surface area contributed by atoms with Crippen LogP contribution < -0.4 is 26.2 Å². The van der Waals surface area contributed by atoms with Crippen LogP contribution in [0, 0.1) is 13.8 Å². The number of nitrogens with zero attached hydrogens (tertiary/aromatic N) is 4. The van der Waals surface area contributed by atoms with Gasteiger partial charge in [0.1, 0.15) is 23.7 Å². The minimum Gasteiger partial charge on any atom is -0.477 e. The van der Waals surface area contributed by atoms with E-state index in [4.69, 9.17) is 5.11 Å². The molecule has 4 aromatic heterocycles. The molecule has 53 heavy (non-hydrogen) atoms. The highest BCUT2D eigenvalue weighted by Crippen LogP contribution is 2.34. The number of amides is 1. The maximum absolute atomic E-state index is 12.2. The molecule has 2 aromatic carbocycles. The van der Waals surface area contributed by atoms with Crippen molar-refractivity contribution in [3.63, 3.8) is 0 Å². The molecule has 0 aliphatic heterocycles. The van der Waals surface area contributed by atoms with Crippen LogP contribution in [0.1, 0.15) is 56.0 Å². The Kier molecular flexibility index (Phi) is 13.5. The maximum Gasteiger partial charge on any atom is 0.345 e. The number of benzene rings is 2. The van der Waals surface area contributed by atoms with E-state index in [-0.39, 0.29) is 23.3 Å². The van der Waals surface area contributed by atoms with E-state index in [9.17, 15) is 23.7 Å². The summed E-state index contributed by atoms with van der Waals surface area (Å²) in [7, 11) is 1.52. The van der Waals surface area contributed by atoms with Crippen LogP contribution in [0.4, 0.5) is 10.0 Å². The van der Waals surface area contributed by atoms with E-state index in [2.05, 4.69) is 25.3 Å². The highest BCUT2D eigenvalue weighted by Gasteiger charge is 2.15. The standard InChI is InChI=1S/C19H23N4O3PS.C16H15N3O3S.C2H6/c1-12-21-15-6-5-13(9-14(15)18(24)22-12)10-23(2)17-8-7-16(28-17)19(25)20-11-27(3,4)26;1-9-17-12-4-3-10(7-11(12)15(20)18-9)8-19(2)14-6-5-13(23-14)16(21)22;1-2/h5-9H,10-11H2,1-4H3,(H,20,25)(H,21,22,24);3-7H,8H2,1-2H3,(H,21,22)(H,17,18,20);1-2H3. The van der Waals surface area contributed by atoms with Crippen molar-refractivity contribution in [2.45, 2.75) is 40.8 Å². The Morgan fingerprint density at radius 1 is 0.755 bits per heavy atom. The predicted octanol–water partition coefficient (Wildman–Crippen LogP) is 6.89. The Morgan fingerprint density at radius 3 is 1.60 bits per heavy atom.